The summed E-state index contributed by atoms with van der Waals surface area (Å²) in [5.41, 5.74) is 2.79. The van der Waals surface area contributed by atoms with E-state index in [-0.39, 0.29) is 56.3 Å². The normalized spacial score (nSPS) is 14.2. The largest absolute Gasteiger partial charge is 0.480 e. The molecule has 0 bridgehead atoms. The van der Waals surface area contributed by atoms with E-state index >= 15 is 0 Å². The van der Waals surface area contributed by atoms with Crippen LogP contribution in [0.1, 0.15) is 83.1 Å². The van der Waals surface area contributed by atoms with E-state index in [1.807, 2.05) is 71.9 Å². The first-order chi connectivity index (χ1) is 32.9. The summed E-state index contributed by atoms with van der Waals surface area (Å²) < 4.78 is 9.16. The number of nitrogens with one attached hydrogen (secondary N) is 6. The number of hydrogen-bond acceptors (Lipinski definition) is 7. The molecule has 7 N–H and O–H groups in total. The summed E-state index contributed by atoms with van der Waals surface area (Å²) in [6, 6.07) is 28.2. The summed E-state index contributed by atoms with van der Waals surface area (Å²) >= 11 is 0. The molecule has 0 radical (unpaired) electrons. The van der Waals surface area contributed by atoms with Crippen molar-refractivity contribution in [2.45, 2.75) is 116 Å². The Balaban J connectivity index is 1.60. The lowest BCUT2D eigenvalue weighted by molar-refractivity contribution is -0.142. The average Bonchev–Trinajstić information content (AvgIpc) is 3.31. The molecule has 0 spiro atoms. The minimum atomic E-state index is -1.45. The molecule has 6 atom stereocenters. The number of rotatable bonds is 26. The van der Waals surface area contributed by atoms with E-state index in [0.717, 1.165) is 5.56 Å². The predicted octanol–water partition coefficient (Wildman–Crippen LogP) is 5.56. The van der Waals surface area contributed by atoms with Crippen molar-refractivity contribution in [3.63, 3.8) is 0 Å². The lowest BCUT2D eigenvalue weighted by Gasteiger charge is -2.28. The first kappa shape index (κ1) is 51.9. The number of benzene rings is 4. The van der Waals surface area contributed by atoms with Crippen molar-refractivity contribution in [1.82, 2.24) is 31.9 Å². The summed E-state index contributed by atoms with van der Waals surface area (Å²) in [5.74, 6) is -5.89. The molecule has 0 aliphatic rings. The van der Waals surface area contributed by atoms with Crippen LogP contribution in [0.3, 0.4) is 0 Å². The van der Waals surface area contributed by atoms with E-state index in [2.05, 4.69) is 26.6 Å². The highest BCUT2D eigenvalue weighted by Crippen LogP contribution is 2.14. The molecule has 0 heterocycles. The Morgan fingerprint density at radius 3 is 1.18 bits per heavy atom. The standard InChI is InChI=1S/C54H68N6O8/c1-35(2)29-42(55-48(61)28-27-38-19-11-7-12-20-38)49(62)58-45(32-39-21-13-8-14-22-39)52(65)56-43(30-36(3)4)50(63)59-46(33-40-23-15-9-16-24-40)53(66)57-44(31-37(5)6)51(64)60-47(54(67)68)34-41-25-17-10-18-26-41/h7-28,35-37,42-47H,29-34H2,1-6H3,(H,55,61)(H,56,65)(H,57,66)(H,58,62)(H,59,63)(H,60,64)(H,67,68)/t42-,43+,44+,45+,46+,47+/m1/s1/i/hD. The first-order valence-corrected chi connectivity index (χ1v) is 23.3. The fourth-order valence-corrected chi connectivity index (χ4v) is 7.53. The van der Waals surface area contributed by atoms with Crippen LogP contribution in [-0.2, 0) is 52.8 Å². The van der Waals surface area contributed by atoms with Gasteiger partial charge >= 0.3 is 5.97 Å². The zero-order chi connectivity index (χ0) is 50.5. The van der Waals surface area contributed by atoms with Gasteiger partial charge in [-0.2, -0.15) is 0 Å². The molecule has 0 saturated heterocycles. The maximum Gasteiger partial charge on any atom is 0.326 e. The van der Waals surface area contributed by atoms with Crippen LogP contribution in [-0.4, -0.2) is 82.8 Å². The molecular weight excluding hydrogens is 861 g/mol. The second-order valence-corrected chi connectivity index (χ2v) is 18.3. The van der Waals surface area contributed by atoms with Crippen LogP contribution in [0.5, 0.6) is 0 Å². The maximum absolute atomic E-state index is 14.5. The second kappa shape index (κ2) is 27.5. The third-order valence-electron chi connectivity index (χ3n) is 10.9. The monoisotopic (exact) mass is 930 g/mol. The van der Waals surface area contributed by atoms with E-state index in [1.165, 1.54) is 6.08 Å². The van der Waals surface area contributed by atoms with Crippen LogP contribution in [0.2, 0.25) is 1.41 Å². The minimum absolute atomic E-state index is 0.00232. The van der Waals surface area contributed by atoms with Crippen LogP contribution in [0.4, 0.5) is 0 Å². The Kier molecular flexibility index (Phi) is 21.0. The third-order valence-corrected chi connectivity index (χ3v) is 10.9. The number of amides is 6. The molecule has 4 rings (SSSR count). The highest BCUT2D eigenvalue weighted by Gasteiger charge is 2.34. The van der Waals surface area contributed by atoms with E-state index in [9.17, 15) is 38.7 Å². The summed E-state index contributed by atoms with van der Waals surface area (Å²) in [6.45, 7) is 11.2. The lowest BCUT2D eigenvalue weighted by Crippen LogP contribution is -2.60. The highest BCUT2D eigenvalue weighted by atomic mass is 16.4. The van der Waals surface area contributed by atoms with Gasteiger partial charge in [0.15, 0.2) is 1.41 Å². The fraction of sp³-hybridized carbons (Fsp3) is 0.389. The molecule has 0 aliphatic heterocycles. The molecule has 14 nitrogen and oxygen atoms in total. The average molecular weight is 930 g/mol. The van der Waals surface area contributed by atoms with Gasteiger partial charge < -0.3 is 37.0 Å². The van der Waals surface area contributed by atoms with Gasteiger partial charge in [-0.15, -0.1) is 0 Å². The van der Waals surface area contributed by atoms with Gasteiger partial charge in [-0.1, -0.05) is 163 Å². The fourth-order valence-electron chi connectivity index (χ4n) is 7.53. The van der Waals surface area contributed by atoms with Crippen molar-refractivity contribution in [2.24, 2.45) is 17.8 Å². The smallest absolute Gasteiger partial charge is 0.326 e. The van der Waals surface area contributed by atoms with Crippen molar-refractivity contribution in [2.75, 3.05) is 0 Å². The summed E-state index contributed by atoms with van der Waals surface area (Å²) in [7, 11) is 0. The molecule has 0 unspecified atom stereocenters. The molecule has 0 aliphatic carbocycles. The Morgan fingerprint density at radius 2 is 0.765 bits per heavy atom. The van der Waals surface area contributed by atoms with Crippen LogP contribution < -0.4 is 31.9 Å². The van der Waals surface area contributed by atoms with Crippen LogP contribution in [0.25, 0.3) is 6.08 Å². The number of aliphatic carboxylic acids is 1. The van der Waals surface area contributed by atoms with Crippen molar-refractivity contribution < 1.29 is 40.1 Å². The maximum atomic E-state index is 14.5. The summed E-state index contributed by atoms with van der Waals surface area (Å²) in [6.07, 6.45) is 3.27. The Labute approximate surface area is 402 Å². The van der Waals surface area contributed by atoms with Crippen molar-refractivity contribution >= 4 is 47.5 Å². The summed E-state index contributed by atoms with van der Waals surface area (Å²) in [5, 5.41) is 24.3. The number of hydrogen-bond donors (Lipinski definition) is 7. The zero-order valence-corrected chi connectivity index (χ0v) is 39.9. The SMILES string of the molecule is [2H]N(C(=O)[C@@H](CC(C)C)NC(=O)C=Cc1ccccc1)[C@@H](Cc1ccccc1)C(=O)N[C@@H](CC(C)C)C(=O)N[C@@H](Cc1ccccc1)C(=O)N[C@@H](CC(C)C)C(=O)N[C@@H](Cc1ccccc1)C(=O)O. The Morgan fingerprint density at radius 1 is 0.441 bits per heavy atom. The van der Waals surface area contributed by atoms with Gasteiger partial charge in [-0.05, 0) is 65.3 Å². The van der Waals surface area contributed by atoms with Crippen LogP contribution >= 0.6 is 0 Å². The molecule has 0 aromatic heterocycles. The molecule has 0 saturated carbocycles. The van der Waals surface area contributed by atoms with Crippen molar-refractivity contribution in [1.29, 1.82) is 0 Å². The van der Waals surface area contributed by atoms with E-state index in [1.54, 1.807) is 97.1 Å². The Bertz CT molecular complexity index is 2310. The predicted molar refractivity (Wildman–Crippen MR) is 263 cm³/mol. The van der Waals surface area contributed by atoms with Crippen molar-refractivity contribution in [3.8, 4) is 0 Å². The van der Waals surface area contributed by atoms with Gasteiger partial charge in [0.25, 0.3) is 0 Å². The molecule has 4 aromatic rings. The van der Waals surface area contributed by atoms with E-state index < -0.39 is 77.7 Å². The molecule has 0 fully saturated rings. The minimum Gasteiger partial charge on any atom is -0.480 e. The molecule has 6 amide bonds. The molecule has 14 heteroatoms. The highest BCUT2D eigenvalue weighted by molar-refractivity contribution is 5.98. The van der Waals surface area contributed by atoms with Crippen LogP contribution in [0, 0.1) is 17.8 Å². The molecule has 4 aromatic carbocycles. The topological polar surface area (TPSA) is 212 Å². The van der Waals surface area contributed by atoms with Gasteiger partial charge in [0.2, 0.25) is 35.4 Å². The second-order valence-electron chi connectivity index (χ2n) is 18.3. The molecular formula is C54H68N6O8. The van der Waals surface area contributed by atoms with Gasteiger partial charge in [0.1, 0.15) is 36.3 Å². The van der Waals surface area contributed by atoms with Gasteiger partial charge in [-0.3, -0.25) is 28.8 Å². The van der Waals surface area contributed by atoms with Crippen LogP contribution in [0.15, 0.2) is 127 Å². The van der Waals surface area contributed by atoms with E-state index in [4.69, 9.17) is 1.41 Å². The molecule has 362 valence electrons. The van der Waals surface area contributed by atoms with Gasteiger partial charge in [0, 0.05) is 25.3 Å². The zero-order valence-electron chi connectivity index (χ0n) is 40.9. The number of carbonyl (C=O) groups excluding carboxylic acids is 6. The van der Waals surface area contributed by atoms with Gasteiger partial charge in [0.05, 0.1) is 0 Å². The lowest BCUT2D eigenvalue weighted by atomic mass is 9.98. The van der Waals surface area contributed by atoms with Gasteiger partial charge in [-0.25, -0.2) is 4.79 Å². The van der Waals surface area contributed by atoms with Crippen molar-refractivity contribution in [3.05, 3.63) is 150 Å². The number of carboxylic acids is 1. The number of carboxylic acid groups (broad SMARTS) is 1. The Hall–Kier alpha value is -7.09. The summed E-state index contributed by atoms with van der Waals surface area (Å²) in [4.78, 5) is 96.9. The third kappa shape index (κ3) is 19.0. The van der Waals surface area contributed by atoms with E-state index in [0.29, 0.717) is 22.0 Å². The molecule has 68 heavy (non-hydrogen) atoms. The quantitative estimate of drug-likeness (QED) is 0.0396. The number of carbonyl (C=O) groups is 7. The first-order valence-electron chi connectivity index (χ1n) is 23.8.